The average Bonchev–Trinajstić information content (AvgIpc) is 2.39. The van der Waals surface area contributed by atoms with Gasteiger partial charge in [0.1, 0.15) is 0 Å². The van der Waals surface area contributed by atoms with Crippen molar-refractivity contribution in [3.63, 3.8) is 0 Å². The first-order chi connectivity index (χ1) is 7.95. The molecule has 0 atom stereocenters. The van der Waals surface area contributed by atoms with Gasteiger partial charge in [0.2, 0.25) is 0 Å². The van der Waals surface area contributed by atoms with Crippen molar-refractivity contribution < 1.29 is 20.1 Å². The zero-order valence-corrected chi connectivity index (χ0v) is 11.7. The van der Waals surface area contributed by atoms with Crippen molar-refractivity contribution in [2.45, 2.75) is 6.42 Å². The van der Waals surface area contributed by atoms with Gasteiger partial charge in [0, 0.05) is 37.7 Å². The minimum absolute atomic E-state index is 0. The van der Waals surface area contributed by atoms with Crippen LogP contribution in [0.25, 0.3) is 0 Å². The summed E-state index contributed by atoms with van der Waals surface area (Å²) in [5, 5.41) is 0. The SMILES string of the molecule is C1=CN(c2ccccc2)c2ccccc2C1.[Ir]. The van der Waals surface area contributed by atoms with Gasteiger partial charge in [0.05, 0.1) is 0 Å². The van der Waals surface area contributed by atoms with Gasteiger partial charge >= 0.3 is 0 Å². The van der Waals surface area contributed by atoms with Gasteiger partial charge in [-0.2, -0.15) is 0 Å². The van der Waals surface area contributed by atoms with Crippen LogP contribution in [0.3, 0.4) is 0 Å². The van der Waals surface area contributed by atoms with Gasteiger partial charge < -0.3 is 4.90 Å². The molecule has 0 unspecified atom stereocenters. The maximum atomic E-state index is 2.23. The Morgan fingerprint density at radius 3 is 2.35 bits per heavy atom. The summed E-state index contributed by atoms with van der Waals surface area (Å²) in [7, 11) is 0. The molecule has 1 nitrogen and oxygen atoms in total. The Balaban J connectivity index is 0.00000108. The van der Waals surface area contributed by atoms with E-state index in [0.29, 0.717) is 0 Å². The molecule has 1 aliphatic rings. The number of rotatable bonds is 1. The van der Waals surface area contributed by atoms with Crippen molar-refractivity contribution in [1.82, 2.24) is 0 Å². The normalized spacial score (nSPS) is 12.8. The smallest absolute Gasteiger partial charge is 0.0490 e. The molecule has 0 N–H and O–H groups in total. The standard InChI is InChI=1S/C15H13N.Ir/c1-2-9-14(10-3-1)16-12-6-8-13-7-4-5-11-15(13)16;/h1-7,9-12H,8H2;. The number of allylic oxidation sites excluding steroid dienone is 1. The summed E-state index contributed by atoms with van der Waals surface area (Å²) in [6.07, 6.45) is 5.38. The van der Waals surface area contributed by atoms with E-state index in [0.717, 1.165) is 6.42 Å². The maximum Gasteiger partial charge on any atom is 0.0490 e. The second kappa shape index (κ2) is 5.31. The third kappa shape index (κ3) is 2.33. The van der Waals surface area contributed by atoms with Crippen LogP contribution < -0.4 is 4.90 Å². The summed E-state index contributed by atoms with van der Waals surface area (Å²) in [6, 6.07) is 19.0. The molecule has 0 bridgehead atoms. The zero-order valence-electron chi connectivity index (χ0n) is 9.34. The number of hydrogen-bond donors (Lipinski definition) is 0. The fourth-order valence-corrected chi connectivity index (χ4v) is 2.10. The van der Waals surface area contributed by atoms with Crippen molar-refractivity contribution >= 4 is 11.4 Å². The first-order valence-corrected chi connectivity index (χ1v) is 5.54. The minimum atomic E-state index is 0. The summed E-state index contributed by atoms with van der Waals surface area (Å²) < 4.78 is 0. The molecular formula is C15H13IrN. The van der Waals surface area contributed by atoms with Crippen LogP contribution in [0.2, 0.25) is 0 Å². The molecule has 2 aromatic carbocycles. The van der Waals surface area contributed by atoms with E-state index in [-0.39, 0.29) is 20.1 Å². The van der Waals surface area contributed by atoms with Crippen molar-refractivity contribution in [3.05, 3.63) is 72.4 Å². The Labute approximate surface area is 115 Å². The van der Waals surface area contributed by atoms with Crippen LogP contribution in [0.1, 0.15) is 5.56 Å². The molecule has 2 heteroatoms. The number of fused-ring (bicyclic) bond motifs is 1. The first kappa shape index (κ1) is 12.1. The molecule has 0 aromatic heterocycles. The van der Waals surface area contributed by atoms with Crippen molar-refractivity contribution in [2.24, 2.45) is 0 Å². The molecule has 3 rings (SSSR count). The molecule has 0 amide bonds. The predicted molar refractivity (Wildman–Crippen MR) is 67.9 cm³/mol. The van der Waals surface area contributed by atoms with E-state index in [1.54, 1.807) is 0 Å². The van der Waals surface area contributed by atoms with Gasteiger partial charge in [0.15, 0.2) is 0 Å². The van der Waals surface area contributed by atoms with E-state index in [9.17, 15) is 0 Å². The molecule has 0 saturated heterocycles. The van der Waals surface area contributed by atoms with Crippen LogP contribution in [-0.2, 0) is 26.5 Å². The molecule has 2 aromatic rings. The molecule has 17 heavy (non-hydrogen) atoms. The van der Waals surface area contributed by atoms with E-state index in [1.165, 1.54) is 16.9 Å². The van der Waals surface area contributed by atoms with Gasteiger partial charge in [-0.15, -0.1) is 0 Å². The molecule has 0 saturated carbocycles. The van der Waals surface area contributed by atoms with Crippen LogP contribution in [0.15, 0.2) is 66.9 Å². The third-order valence-corrected chi connectivity index (χ3v) is 2.88. The quantitative estimate of drug-likeness (QED) is 0.703. The fraction of sp³-hybridized carbons (Fsp3) is 0.0667. The van der Waals surface area contributed by atoms with Gasteiger partial charge in [-0.3, -0.25) is 0 Å². The van der Waals surface area contributed by atoms with E-state index >= 15 is 0 Å². The number of anilines is 2. The van der Waals surface area contributed by atoms with Gasteiger partial charge in [-0.25, -0.2) is 0 Å². The van der Waals surface area contributed by atoms with Gasteiger partial charge in [-0.1, -0.05) is 42.5 Å². The topological polar surface area (TPSA) is 3.24 Å². The van der Waals surface area contributed by atoms with Crippen molar-refractivity contribution in [3.8, 4) is 0 Å². The molecule has 1 aliphatic heterocycles. The first-order valence-electron chi connectivity index (χ1n) is 5.54. The summed E-state index contributed by atoms with van der Waals surface area (Å²) in [4.78, 5) is 2.23. The van der Waals surface area contributed by atoms with Crippen LogP contribution in [0, 0.1) is 0 Å². The number of nitrogens with zero attached hydrogens (tertiary/aromatic N) is 1. The molecule has 87 valence electrons. The molecule has 1 heterocycles. The zero-order chi connectivity index (χ0) is 10.8. The molecule has 0 aliphatic carbocycles. The Morgan fingerprint density at radius 2 is 1.53 bits per heavy atom. The maximum absolute atomic E-state index is 2.23. The minimum Gasteiger partial charge on any atom is -0.317 e. The number of hydrogen-bond acceptors (Lipinski definition) is 1. The average molecular weight is 399 g/mol. The van der Waals surface area contributed by atoms with E-state index in [4.69, 9.17) is 0 Å². The Kier molecular flexibility index (Phi) is 3.78. The monoisotopic (exact) mass is 400 g/mol. The number of benzene rings is 2. The Morgan fingerprint density at radius 1 is 0.824 bits per heavy atom. The summed E-state index contributed by atoms with van der Waals surface area (Å²) in [5.74, 6) is 0. The third-order valence-electron chi connectivity index (χ3n) is 2.88. The largest absolute Gasteiger partial charge is 0.317 e. The van der Waals surface area contributed by atoms with Crippen molar-refractivity contribution in [2.75, 3.05) is 4.90 Å². The van der Waals surface area contributed by atoms with Crippen LogP contribution in [-0.4, -0.2) is 0 Å². The summed E-state index contributed by atoms with van der Waals surface area (Å²) in [5.41, 5.74) is 3.89. The summed E-state index contributed by atoms with van der Waals surface area (Å²) >= 11 is 0. The molecule has 0 fully saturated rings. The van der Waals surface area contributed by atoms with Crippen LogP contribution in [0.4, 0.5) is 11.4 Å². The molecule has 1 radical (unpaired) electrons. The van der Waals surface area contributed by atoms with E-state index in [2.05, 4.69) is 65.7 Å². The Hall–Kier alpha value is -1.37. The van der Waals surface area contributed by atoms with E-state index < -0.39 is 0 Å². The van der Waals surface area contributed by atoms with Crippen molar-refractivity contribution in [1.29, 1.82) is 0 Å². The van der Waals surface area contributed by atoms with Crippen LogP contribution >= 0.6 is 0 Å². The van der Waals surface area contributed by atoms with Gasteiger partial charge in [0.25, 0.3) is 0 Å². The molecule has 0 spiro atoms. The number of para-hydroxylation sites is 2. The summed E-state index contributed by atoms with van der Waals surface area (Å²) in [6.45, 7) is 0. The molecular weight excluding hydrogens is 386 g/mol. The predicted octanol–water partition coefficient (Wildman–Crippen LogP) is 3.89. The van der Waals surface area contributed by atoms with E-state index in [1.807, 2.05) is 6.07 Å². The van der Waals surface area contributed by atoms with Gasteiger partial charge in [-0.05, 0) is 30.2 Å². The fourth-order valence-electron chi connectivity index (χ4n) is 2.10. The second-order valence-electron chi connectivity index (χ2n) is 3.92. The second-order valence-corrected chi connectivity index (χ2v) is 3.92. The Bertz CT molecular complexity index is 519. The van der Waals surface area contributed by atoms with Crippen LogP contribution in [0.5, 0.6) is 0 Å².